The highest BCUT2D eigenvalue weighted by Gasteiger charge is 2.06. The van der Waals surface area contributed by atoms with Gasteiger partial charge in [-0.15, -0.1) is 0 Å². The Morgan fingerprint density at radius 2 is 1.10 bits per heavy atom. The molecule has 0 saturated carbocycles. The molecule has 0 aromatic carbocycles. The first-order valence-corrected chi connectivity index (χ1v) is 7.07. The number of aromatic nitrogens is 2. The van der Waals surface area contributed by atoms with Crippen molar-refractivity contribution in [3.05, 3.63) is 49.0 Å². The third-order valence-electron chi connectivity index (χ3n) is 3.27. The lowest BCUT2D eigenvalue weighted by Gasteiger charge is -2.10. The summed E-state index contributed by atoms with van der Waals surface area (Å²) in [5.74, 6) is 0. The van der Waals surface area contributed by atoms with E-state index in [4.69, 9.17) is 5.48 Å². The van der Waals surface area contributed by atoms with Gasteiger partial charge < -0.3 is 9.80 Å². The highest BCUT2D eigenvalue weighted by Crippen LogP contribution is 2.06. The Hall–Kier alpha value is -2.10. The smallest absolute Gasteiger partial charge is 0.170 e. The van der Waals surface area contributed by atoms with Crippen molar-refractivity contribution in [2.75, 3.05) is 38.0 Å². The number of hydrogen-bond donors (Lipinski definition) is 0. The molecule has 0 radical (unpaired) electrons. The van der Waals surface area contributed by atoms with Crippen molar-refractivity contribution in [3.8, 4) is 0 Å². The van der Waals surface area contributed by atoms with Crippen LogP contribution in [0.5, 0.6) is 0 Å². The summed E-state index contributed by atoms with van der Waals surface area (Å²) in [6, 6.07) is 6.96. The van der Waals surface area contributed by atoms with Gasteiger partial charge in [0.05, 0.1) is 6.42 Å². The molecular formula is C17H26N4+2. The number of anilines is 2. The van der Waals surface area contributed by atoms with E-state index in [2.05, 4.69) is 0 Å². The fourth-order valence-corrected chi connectivity index (χ4v) is 1.90. The van der Waals surface area contributed by atoms with Crippen LogP contribution in [-0.2, 0) is 13.1 Å². The van der Waals surface area contributed by atoms with E-state index in [1.54, 1.807) is 33.4 Å². The third kappa shape index (κ3) is 4.45. The lowest BCUT2D eigenvalue weighted by Crippen LogP contribution is -2.38. The van der Waals surface area contributed by atoms with Crippen molar-refractivity contribution in [1.82, 2.24) is 0 Å². The summed E-state index contributed by atoms with van der Waals surface area (Å²) in [4.78, 5) is 3.75. The number of nitrogens with zero attached hydrogens (tertiary/aromatic N) is 4. The lowest BCUT2D eigenvalue weighted by atomic mass is 10.3. The molecule has 112 valence electrons. The summed E-state index contributed by atoms with van der Waals surface area (Å²) in [6.07, 6.45) is 1.82. The molecule has 2 aromatic heterocycles. The molecule has 0 atom stereocenters. The number of hydrogen-bond acceptors (Lipinski definition) is 2. The molecule has 0 saturated heterocycles. The average Bonchev–Trinajstić information content (AvgIpc) is 2.51. The summed E-state index contributed by atoms with van der Waals surface area (Å²) < 4.78 is 35.7. The first kappa shape index (κ1) is 10.6. The highest BCUT2D eigenvalue weighted by molar-refractivity contribution is 5.41. The topological polar surface area (TPSA) is 14.2 Å². The maximum atomic E-state index is 8.12. The van der Waals surface area contributed by atoms with Gasteiger partial charge >= 0.3 is 0 Å². The molecule has 0 aliphatic rings. The third-order valence-corrected chi connectivity index (χ3v) is 3.27. The molecule has 2 rings (SSSR count). The van der Waals surface area contributed by atoms with Gasteiger partial charge in [-0.1, -0.05) is 0 Å². The maximum Gasteiger partial charge on any atom is 0.170 e. The second-order valence-corrected chi connectivity index (χ2v) is 5.39. The molecule has 0 amide bonds. The summed E-state index contributed by atoms with van der Waals surface area (Å²) >= 11 is 0. The van der Waals surface area contributed by atoms with Crippen LogP contribution < -0.4 is 18.9 Å². The molecule has 0 spiro atoms. The molecule has 0 bridgehead atoms. The summed E-state index contributed by atoms with van der Waals surface area (Å²) in [5, 5.41) is 0. The fraction of sp³-hybridized carbons (Fsp3) is 0.412. The zero-order valence-electron chi connectivity index (χ0n) is 17.2. The molecule has 0 aliphatic heterocycles. The Bertz CT molecular complexity index is 653. The SMILES string of the molecule is [2H]c1cc(N(C)C)cc([2H])[n+]1CCC[n+]1c([2H])cc(N(C)C)cc1[2H]. The highest BCUT2D eigenvalue weighted by atomic mass is 15.1. The molecule has 0 aliphatic carbocycles. The van der Waals surface area contributed by atoms with Gasteiger partial charge in [0.2, 0.25) is 0 Å². The van der Waals surface area contributed by atoms with E-state index in [1.807, 2.05) is 38.0 Å². The van der Waals surface area contributed by atoms with Crippen LogP contribution in [0.3, 0.4) is 0 Å². The predicted molar refractivity (Wildman–Crippen MR) is 86.5 cm³/mol. The quantitative estimate of drug-likeness (QED) is 0.748. The molecular weight excluding hydrogens is 260 g/mol. The molecule has 2 aromatic rings. The number of pyridine rings is 2. The van der Waals surface area contributed by atoms with Crippen LogP contribution in [-0.4, -0.2) is 28.2 Å². The molecule has 21 heavy (non-hydrogen) atoms. The van der Waals surface area contributed by atoms with E-state index in [-0.39, 0.29) is 0 Å². The van der Waals surface area contributed by atoms with Gasteiger partial charge in [-0.25, -0.2) is 9.13 Å². The Labute approximate surface area is 133 Å². The van der Waals surface area contributed by atoms with Gasteiger partial charge in [0, 0.05) is 63.8 Å². The average molecular weight is 290 g/mol. The predicted octanol–water partition coefficient (Wildman–Crippen LogP) is 1.48. The minimum Gasteiger partial charge on any atom is -0.377 e. The minimum absolute atomic E-state index is 0.293. The molecule has 0 fully saturated rings. The Morgan fingerprint density at radius 3 is 1.38 bits per heavy atom. The van der Waals surface area contributed by atoms with Gasteiger partial charge in [0.25, 0.3) is 0 Å². The van der Waals surface area contributed by atoms with E-state index >= 15 is 0 Å². The van der Waals surface area contributed by atoms with Crippen molar-refractivity contribution in [3.63, 3.8) is 0 Å². The van der Waals surface area contributed by atoms with Crippen molar-refractivity contribution >= 4 is 11.4 Å². The lowest BCUT2D eigenvalue weighted by molar-refractivity contribution is -0.726. The minimum atomic E-state index is 0.293. The van der Waals surface area contributed by atoms with Crippen molar-refractivity contribution < 1.29 is 14.6 Å². The standard InChI is InChI=1S/C17H26N4/c1-18(2)16-6-12-20(13-7-16)10-5-11-21-14-8-17(9-15-21)19(3)4/h6-9,12-15H,5,10-11H2,1-4H3/q+2/i12D,13D,14D,15D. The second kappa shape index (κ2) is 7.07. The zero-order valence-corrected chi connectivity index (χ0v) is 13.2. The van der Waals surface area contributed by atoms with Crippen molar-refractivity contribution in [2.24, 2.45) is 0 Å². The molecule has 2 heterocycles. The van der Waals surface area contributed by atoms with Gasteiger partial charge in [-0.05, 0) is 0 Å². The van der Waals surface area contributed by atoms with Crippen LogP contribution in [0.25, 0.3) is 0 Å². The number of rotatable bonds is 6. The monoisotopic (exact) mass is 290 g/mol. The second-order valence-electron chi connectivity index (χ2n) is 5.39. The van der Waals surface area contributed by atoms with Gasteiger partial charge in [-0.2, -0.15) is 0 Å². The van der Waals surface area contributed by atoms with Crippen molar-refractivity contribution in [1.29, 1.82) is 0 Å². The van der Waals surface area contributed by atoms with Crippen LogP contribution in [0, 0.1) is 0 Å². The molecule has 0 N–H and O–H groups in total. The summed E-state index contributed by atoms with van der Waals surface area (Å²) in [7, 11) is 7.55. The van der Waals surface area contributed by atoms with Gasteiger partial charge in [-0.3, -0.25) is 0 Å². The van der Waals surface area contributed by atoms with E-state index in [1.165, 1.54) is 0 Å². The largest absolute Gasteiger partial charge is 0.377 e. The molecule has 0 unspecified atom stereocenters. The first-order valence-electron chi connectivity index (χ1n) is 9.07. The Balaban J connectivity index is 2.11. The van der Waals surface area contributed by atoms with Crippen LogP contribution in [0.2, 0.25) is 0 Å². The van der Waals surface area contributed by atoms with Crippen LogP contribution >= 0.6 is 0 Å². The van der Waals surface area contributed by atoms with E-state index in [0.717, 1.165) is 11.4 Å². The van der Waals surface area contributed by atoms with E-state index in [0.29, 0.717) is 44.2 Å². The van der Waals surface area contributed by atoms with Crippen LogP contribution in [0.1, 0.15) is 11.9 Å². The van der Waals surface area contributed by atoms with Crippen LogP contribution in [0.4, 0.5) is 11.4 Å². The Kier molecular flexibility index (Phi) is 3.57. The summed E-state index contributed by atoms with van der Waals surface area (Å²) in [5.41, 5.74) is 1.67. The Morgan fingerprint density at radius 1 is 0.762 bits per heavy atom. The zero-order chi connectivity index (χ0) is 18.7. The first-order chi connectivity index (χ1) is 11.7. The molecule has 4 nitrogen and oxygen atoms in total. The van der Waals surface area contributed by atoms with Crippen molar-refractivity contribution in [2.45, 2.75) is 19.5 Å². The molecule has 4 heteroatoms. The fourth-order valence-electron chi connectivity index (χ4n) is 1.90. The van der Waals surface area contributed by atoms with Crippen LogP contribution in [0.15, 0.2) is 49.0 Å². The summed E-state index contributed by atoms with van der Waals surface area (Å²) in [6.45, 7) is 1.01. The maximum absolute atomic E-state index is 8.12. The van der Waals surface area contributed by atoms with E-state index in [9.17, 15) is 0 Å². The van der Waals surface area contributed by atoms with Gasteiger partial charge in [0.15, 0.2) is 37.8 Å². The van der Waals surface area contributed by atoms with Gasteiger partial charge in [0.1, 0.15) is 5.48 Å². The van der Waals surface area contributed by atoms with E-state index < -0.39 is 0 Å². The normalized spacial score (nSPS) is 13.1.